The molecule has 2 nitrogen and oxygen atoms in total. The first-order chi connectivity index (χ1) is 10.3. The predicted molar refractivity (Wildman–Crippen MR) is 87.0 cm³/mol. The number of anilines is 2. The number of amides is 1. The third-order valence-corrected chi connectivity index (χ3v) is 3.90. The molecule has 3 aromatic carbocycles. The fraction of sp³-hybridized carbons (Fsp3) is 0. The van der Waals surface area contributed by atoms with Gasteiger partial charge in [-0.3, -0.25) is 9.69 Å². The van der Waals surface area contributed by atoms with Crippen LogP contribution in [0.4, 0.5) is 11.4 Å². The summed E-state index contributed by atoms with van der Waals surface area (Å²) in [7, 11) is 0. The summed E-state index contributed by atoms with van der Waals surface area (Å²) >= 11 is 0. The summed E-state index contributed by atoms with van der Waals surface area (Å²) in [6.45, 7) is 3.84. The maximum Gasteiger partial charge on any atom is 0.263 e. The van der Waals surface area contributed by atoms with Crippen molar-refractivity contribution in [1.29, 1.82) is 0 Å². The summed E-state index contributed by atoms with van der Waals surface area (Å²) in [5.74, 6) is 0.0306. The van der Waals surface area contributed by atoms with Gasteiger partial charge in [0.05, 0.1) is 11.3 Å². The van der Waals surface area contributed by atoms with Crippen LogP contribution in [0.2, 0.25) is 0 Å². The van der Waals surface area contributed by atoms with Gasteiger partial charge in [0.15, 0.2) is 0 Å². The molecule has 0 N–H and O–H groups in total. The van der Waals surface area contributed by atoms with Crippen molar-refractivity contribution >= 4 is 34.1 Å². The van der Waals surface area contributed by atoms with Crippen molar-refractivity contribution in [2.45, 2.75) is 0 Å². The Morgan fingerprint density at radius 1 is 0.952 bits per heavy atom. The van der Waals surface area contributed by atoms with Gasteiger partial charge in [0.25, 0.3) is 5.91 Å². The molecule has 0 fully saturated rings. The molecule has 0 spiro atoms. The highest BCUT2D eigenvalue weighted by Gasteiger charge is 2.30. The second kappa shape index (κ2) is 4.32. The van der Waals surface area contributed by atoms with Gasteiger partial charge in [0.2, 0.25) is 0 Å². The lowest BCUT2D eigenvalue weighted by atomic mass is 10.0. The molecule has 2 heteroatoms. The smallest absolute Gasteiger partial charge is 0.263 e. The Morgan fingerprint density at radius 2 is 1.76 bits per heavy atom. The Labute approximate surface area is 122 Å². The van der Waals surface area contributed by atoms with Crippen molar-refractivity contribution in [3.63, 3.8) is 0 Å². The van der Waals surface area contributed by atoms with Crippen LogP contribution in [0.1, 0.15) is 15.9 Å². The van der Waals surface area contributed by atoms with E-state index >= 15 is 0 Å². The van der Waals surface area contributed by atoms with Crippen molar-refractivity contribution in [3.05, 3.63) is 78.4 Å². The molecule has 0 aromatic heterocycles. The van der Waals surface area contributed by atoms with E-state index in [4.69, 9.17) is 0 Å². The van der Waals surface area contributed by atoms with Crippen molar-refractivity contribution in [3.8, 4) is 0 Å². The van der Waals surface area contributed by atoms with Crippen LogP contribution in [0.5, 0.6) is 0 Å². The van der Waals surface area contributed by atoms with Crippen molar-refractivity contribution in [1.82, 2.24) is 0 Å². The molecule has 4 rings (SSSR count). The highest BCUT2D eigenvalue weighted by Crippen LogP contribution is 2.42. The summed E-state index contributed by atoms with van der Waals surface area (Å²) in [6.07, 6.45) is 1.81. The number of rotatable bonds is 2. The summed E-state index contributed by atoms with van der Waals surface area (Å²) in [6, 6.07) is 19.7. The van der Waals surface area contributed by atoms with Crippen LogP contribution in [0.25, 0.3) is 16.8 Å². The van der Waals surface area contributed by atoms with E-state index in [1.54, 1.807) is 4.90 Å². The quantitative estimate of drug-likeness (QED) is 0.657. The molecule has 0 radical (unpaired) electrons. The molecule has 3 aromatic rings. The molecular formula is C19H13NO. The Morgan fingerprint density at radius 3 is 2.52 bits per heavy atom. The molecule has 0 saturated carbocycles. The van der Waals surface area contributed by atoms with Crippen molar-refractivity contribution < 1.29 is 4.79 Å². The van der Waals surface area contributed by atoms with E-state index in [0.29, 0.717) is 0 Å². The van der Waals surface area contributed by atoms with Gasteiger partial charge in [-0.2, -0.15) is 0 Å². The Bertz CT molecular complexity index is 881. The summed E-state index contributed by atoms with van der Waals surface area (Å²) < 4.78 is 0. The minimum atomic E-state index is 0.0306. The number of para-hydroxylation sites is 1. The van der Waals surface area contributed by atoms with E-state index < -0.39 is 0 Å². The zero-order chi connectivity index (χ0) is 14.4. The molecule has 0 bridgehead atoms. The topological polar surface area (TPSA) is 20.3 Å². The largest absolute Gasteiger partial charge is 0.276 e. The fourth-order valence-electron chi connectivity index (χ4n) is 2.96. The highest BCUT2D eigenvalue weighted by molar-refractivity contribution is 6.28. The predicted octanol–water partition coefficient (Wildman–Crippen LogP) is 4.77. The molecule has 0 unspecified atom stereocenters. The van der Waals surface area contributed by atoms with Gasteiger partial charge in [0, 0.05) is 11.1 Å². The number of benzene rings is 3. The molecule has 1 heterocycles. The van der Waals surface area contributed by atoms with Crippen LogP contribution in [0, 0.1) is 0 Å². The maximum atomic E-state index is 12.8. The third-order valence-electron chi connectivity index (χ3n) is 3.90. The summed E-state index contributed by atoms with van der Waals surface area (Å²) in [5, 5.41) is 2.10. The average molecular weight is 271 g/mol. The number of carbonyl (C=O) groups is 1. The highest BCUT2D eigenvalue weighted by atomic mass is 16.2. The first-order valence-corrected chi connectivity index (χ1v) is 6.88. The van der Waals surface area contributed by atoms with Crippen LogP contribution in [0.3, 0.4) is 0 Å². The number of hydrogen-bond donors (Lipinski definition) is 0. The molecule has 100 valence electrons. The van der Waals surface area contributed by atoms with Crippen LogP contribution < -0.4 is 4.90 Å². The zero-order valence-electron chi connectivity index (χ0n) is 11.4. The Balaban J connectivity index is 2.06. The van der Waals surface area contributed by atoms with E-state index in [1.807, 2.05) is 60.7 Å². The lowest BCUT2D eigenvalue weighted by Gasteiger charge is -2.18. The Hall–Kier alpha value is -2.87. The lowest BCUT2D eigenvalue weighted by Crippen LogP contribution is -2.20. The minimum absolute atomic E-state index is 0.0306. The standard InChI is InChI=1S/C19H13NO/c1-2-13-11-14-7-6-10-16-18(14)17(12-13)20(19(16)21)15-8-4-3-5-9-15/h2-12H,1H2. The van der Waals surface area contributed by atoms with Gasteiger partial charge in [0.1, 0.15) is 0 Å². The first kappa shape index (κ1) is 11.9. The van der Waals surface area contributed by atoms with Crippen molar-refractivity contribution in [2.24, 2.45) is 0 Å². The van der Waals surface area contributed by atoms with Gasteiger partial charge < -0.3 is 0 Å². The van der Waals surface area contributed by atoms with Gasteiger partial charge in [-0.1, -0.05) is 43.0 Å². The second-order valence-electron chi connectivity index (χ2n) is 5.12. The van der Waals surface area contributed by atoms with Gasteiger partial charge >= 0.3 is 0 Å². The van der Waals surface area contributed by atoms with E-state index in [-0.39, 0.29) is 5.91 Å². The number of hydrogen-bond acceptors (Lipinski definition) is 1. The van der Waals surface area contributed by atoms with Crippen LogP contribution in [0.15, 0.2) is 67.2 Å². The van der Waals surface area contributed by atoms with Gasteiger partial charge in [-0.05, 0) is 41.3 Å². The maximum absolute atomic E-state index is 12.8. The number of carbonyl (C=O) groups excluding carboxylic acids is 1. The molecule has 0 aliphatic carbocycles. The minimum Gasteiger partial charge on any atom is -0.276 e. The molecule has 0 saturated heterocycles. The van der Waals surface area contributed by atoms with E-state index in [0.717, 1.165) is 33.3 Å². The number of nitrogens with zero attached hydrogens (tertiary/aromatic N) is 1. The lowest BCUT2D eigenvalue weighted by molar-refractivity contribution is 0.100. The molecule has 1 aliphatic rings. The van der Waals surface area contributed by atoms with E-state index in [1.165, 1.54) is 0 Å². The molecular weight excluding hydrogens is 258 g/mol. The van der Waals surface area contributed by atoms with Crippen LogP contribution in [-0.4, -0.2) is 5.91 Å². The fourth-order valence-corrected chi connectivity index (χ4v) is 2.96. The molecule has 1 aliphatic heterocycles. The van der Waals surface area contributed by atoms with E-state index in [9.17, 15) is 4.79 Å². The zero-order valence-corrected chi connectivity index (χ0v) is 11.4. The van der Waals surface area contributed by atoms with Crippen LogP contribution >= 0.6 is 0 Å². The first-order valence-electron chi connectivity index (χ1n) is 6.88. The van der Waals surface area contributed by atoms with E-state index in [2.05, 4.69) is 12.6 Å². The van der Waals surface area contributed by atoms with Crippen LogP contribution in [-0.2, 0) is 0 Å². The molecule has 21 heavy (non-hydrogen) atoms. The summed E-state index contributed by atoms with van der Waals surface area (Å²) in [5.41, 5.74) is 3.61. The molecule has 1 amide bonds. The average Bonchev–Trinajstić information content (AvgIpc) is 2.82. The summed E-state index contributed by atoms with van der Waals surface area (Å²) in [4.78, 5) is 14.6. The van der Waals surface area contributed by atoms with Crippen molar-refractivity contribution in [2.75, 3.05) is 4.90 Å². The SMILES string of the molecule is C=Cc1cc2c3c(cccc3c1)C(=O)N2c1ccccc1. The normalized spacial score (nSPS) is 13.0. The van der Waals surface area contributed by atoms with Gasteiger partial charge in [-0.25, -0.2) is 0 Å². The third kappa shape index (κ3) is 1.62. The van der Waals surface area contributed by atoms with Gasteiger partial charge in [-0.15, -0.1) is 0 Å². The second-order valence-corrected chi connectivity index (χ2v) is 5.12. The molecule has 0 atom stereocenters. The Kier molecular flexibility index (Phi) is 2.45. The monoisotopic (exact) mass is 271 g/mol.